The fraction of sp³-hybridized carbons (Fsp3) is 0.0714. The summed E-state index contributed by atoms with van der Waals surface area (Å²) in [5.74, 6) is -1.75. The molecule has 2 aromatic carbocycles. The van der Waals surface area contributed by atoms with E-state index in [1.54, 1.807) is 10.6 Å². The average Bonchev–Trinajstić information content (AvgIpc) is 2.69. The van der Waals surface area contributed by atoms with Crippen LogP contribution in [-0.2, 0) is 6.54 Å². The minimum Gasteiger partial charge on any atom is -0.331 e. The maximum Gasteiger partial charge on any atom is 0.178 e. The minimum absolute atomic E-state index is 0.0893. The summed E-state index contributed by atoms with van der Waals surface area (Å²) in [6.45, 7) is 0.0893. The summed E-state index contributed by atoms with van der Waals surface area (Å²) in [6, 6.07) is 6.21. The Morgan fingerprint density at radius 2 is 1.86 bits per heavy atom. The Balaban J connectivity index is 2.14. The van der Waals surface area contributed by atoms with Gasteiger partial charge in [-0.1, -0.05) is 6.07 Å². The summed E-state index contributed by atoms with van der Waals surface area (Å²) in [6.07, 6.45) is 0. The van der Waals surface area contributed by atoms with Crippen molar-refractivity contribution in [3.8, 4) is 0 Å². The Hall–Kier alpha value is -1.60. The number of aromatic nitrogens is 2. The van der Waals surface area contributed by atoms with Crippen LogP contribution in [0.1, 0.15) is 5.56 Å². The third-order valence-electron chi connectivity index (χ3n) is 3.16. The zero-order valence-corrected chi connectivity index (χ0v) is 12.9. The Bertz CT molecular complexity index is 901. The number of halogens is 4. The highest BCUT2D eigenvalue weighted by Crippen LogP contribution is 2.24. The molecule has 21 heavy (non-hydrogen) atoms. The molecule has 0 amide bonds. The first-order valence-electron chi connectivity index (χ1n) is 5.97. The zero-order chi connectivity index (χ0) is 15.1. The van der Waals surface area contributed by atoms with Gasteiger partial charge < -0.3 is 9.55 Å². The van der Waals surface area contributed by atoms with Crippen LogP contribution in [0.25, 0.3) is 11.0 Å². The number of hydrogen-bond acceptors (Lipinski definition) is 1. The molecule has 7 heteroatoms. The summed E-state index contributed by atoms with van der Waals surface area (Å²) >= 11 is 8.28. The molecule has 3 aromatic rings. The summed E-state index contributed by atoms with van der Waals surface area (Å²) < 4.78 is 42.6. The molecule has 0 unspecified atom stereocenters. The number of nitrogens with one attached hydrogen (secondary N) is 1. The van der Waals surface area contributed by atoms with E-state index in [9.17, 15) is 13.2 Å². The van der Waals surface area contributed by atoms with Gasteiger partial charge in [0.1, 0.15) is 17.5 Å². The van der Waals surface area contributed by atoms with Crippen LogP contribution < -0.4 is 0 Å². The van der Waals surface area contributed by atoms with E-state index in [1.807, 2.05) is 0 Å². The van der Waals surface area contributed by atoms with Gasteiger partial charge in [0.2, 0.25) is 0 Å². The predicted molar refractivity (Wildman–Crippen MR) is 80.2 cm³/mol. The molecule has 0 aliphatic rings. The standard InChI is InChI=1S/C14H8BrF3N2S/c15-9-4-12-13(5-11(9)18)20(14(21)19-12)6-7-1-2-8(16)3-10(7)17/h1-5H,6H2,(H,19,21). The van der Waals surface area contributed by atoms with Crippen molar-refractivity contribution in [1.82, 2.24) is 9.55 Å². The highest BCUT2D eigenvalue weighted by molar-refractivity contribution is 9.10. The topological polar surface area (TPSA) is 20.7 Å². The molecule has 1 heterocycles. The fourth-order valence-corrected chi connectivity index (χ4v) is 2.75. The molecule has 108 valence electrons. The second-order valence-corrected chi connectivity index (χ2v) is 5.78. The van der Waals surface area contributed by atoms with Crippen LogP contribution in [0.3, 0.4) is 0 Å². The normalized spacial score (nSPS) is 11.2. The molecule has 1 aromatic heterocycles. The maximum atomic E-state index is 13.7. The maximum absolute atomic E-state index is 13.7. The number of H-pyrrole nitrogens is 1. The number of hydrogen-bond donors (Lipinski definition) is 1. The number of nitrogens with zero attached hydrogens (tertiary/aromatic N) is 1. The van der Waals surface area contributed by atoms with E-state index in [2.05, 4.69) is 20.9 Å². The number of rotatable bonds is 2. The first-order chi connectivity index (χ1) is 9.95. The van der Waals surface area contributed by atoms with Crippen molar-refractivity contribution in [2.24, 2.45) is 0 Å². The van der Waals surface area contributed by atoms with Crippen LogP contribution in [0.15, 0.2) is 34.8 Å². The van der Waals surface area contributed by atoms with Crippen molar-refractivity contribution in [1.29, 1.82) is 0 Å². The largest absolute Gasteiger partial charge is 0.331 e. The monoisotopic (exact) mass is 372 g/mol. The molecule has 0 atom stereocenters. The van der Waals surface area contributed by atoms with Gasteiger partial charge in [-0.25, -0.2) is 13.2 Å². The summed E-state index contributed by atoms with van der Waals surface area (Å²) in [5.41, 5.74) is 1.43. The Morgan fingerprint density at radius 3 is 2.57 bits per heavy atom. The van der Waals surface area contributed by atoms with Gasteiger partial charge in [-0.2, -0.15) is 0 Å². The highest BCUT2D eigenvalue weighted by atomic mass is 79.9. The van der Waals surface area contributed by atoms with Gasteiger partial charge in [-0.3, -0.25) is 0 Å². The smallest absolute Gasteiger partial charge is 0.178 e. The van der Waals surface area contributed by atoms with Gasteiger partial charge >= 0.3 is 0 Å². The summed E-state index contributed by atoms with van der Waals surface area (Å²) in [5, 5.41) is 0. The lowest BCUT2D eigenvalue weighted by molar-refractivity contribution is 0.567. The van der Waals surface area contributed by atoms with Crippen molar-refractivity contribution < 1.29 is 13.2 Å². The molecular formula is C14H8BrF3N2S. The number of fused-ring (bicyclic) bond motifs is 1. The Kier molecular flexibility index (Phi) is 3.62. The first-order valence-corrected chi connectivity index (χ1v) is 7.17. The molecule has 0 bridgehead atoms. The van der Waals surface area contributed by atoms with Crippen LogP contribution >= 0.6 is 28.1 Å². The second kappa shape index (κ2) is 5.31. The van der Waals surface area contributed by atoms with Gasteiger partial charge in [-0.05, 0) is 40.3 Å². The van der Waals surface area contributed by atoms with Crippen LogP contribution in [0.5, 0.6) is 0 Å². The van der Waals surface area contributed by atoms with Crippen LogP contribution in [0.4, 0.5) is 13.2 Å². The Labute approximate surface area is 131 Å². The van der Waals surface area contributed by atoms with E-state index in [4.69, 9.17) is 12.2 Å². The van der Waals surface area contributed by atoms with E-state index in [1.165, 1.54) is 18.2 Å². The van der Waals surface area contributed by atoms with E-state index >= 15 is 0 Å². The van der Waals surface area contributed by atoms with Gasteiger partial charge in [0.15, 0.2) is 4.77 Å². The van der Waals surface area contributed by atoms with Crippen LogP contribution in [0, 0.1) is 22.2 Å². The zero-order valence-electron chi connectivity index (χ0n) is 10.5. The molecule has 1 N–H and O–H groups in total. The lowest BCUT2D eigenvalue weighted by Crippen LogP contribution is -2.02. The van der Waals surface area contributed by atoms with Crippen LogP contribution in [-0.4, -0.2) is 9.55 Å². The number of imidazole rings is 1. The van der Waals surface area contributed by atoms with Gasteiger partial charge in [0.25, 0.3) is 0 Å². The molecule has 0 saturated carbocycles. The summed E-state index contributed by atoms with van der Waals surface area (Å²) in [7, 11) is 0. The van der Waals surface area contributed by atoms with Gasteiger partial charge in [0, 0.05) is 17.7 Å². The van der Waals surface area contributed by atoms with E-state index in [0.29, 0.717) is 20.3 Å². The van der Waals surface area contributed by atoms with Crippen molar-refractivity contribution in [2.75, 3.05) is 0 Å². The van der Waals surface area contributed by atoms with E-state index in [0.717, 1.165) is 6.07 Å². The van der Waals surface area contributed by atoms with E-state index in [-0.39, 0.29) is 12.1 Å². The lowest BCUT2D eigenvalue weighted by atomic mass is 10.2. The molecular weight excluding hydrogens is 365 g/mol. The van der Waals surface area contributed by atoms with Crippen molar-refractivity contribution in [3.05, 3.63) is 62.6 Å². The average molecular weight is 373 g/mol. The van der Waals surface area contributed by atoms with Crippen molar-refractivity contribution >= 4 is 39.2 Å². The third-order valence-corrected chi connectivity index (χ3v) is 4.09. The highest BCUT2D eigenvalue weighted by Gasteiger charge is 2.11. The molecule has 0 fully saturated rings. The second-order valence-electron chi connectivity index (χ2n) is 4.54. The molecule has 2 nitrogen and oxygen atoms in total. The molecule has 3 rings (SSSR count). The fourth-order valence-electron chi connectivity index (χ4n) is 2.13. The van der Waals surface area contributed by atoms with Gasteiger partial charge in [0.05, 0.1) is 22.1 Å². The van der Waals surface area contributed by atoms with Crippen molar-refractivity contribution in [3.63, 3.8) is 0 Å². The van der Waals surface area contributed by atoms with E-state index < -0.39 is 17.5 Å². The number of aromatic amines is 1. The third kappa shape index (κ3) is 2.63. The van der Waals surface area contributed by atoms with Crippen molar-refractivity contribution in [2.45, 2.75) is 6.54 Å². The van der Waals surface area contributed by atoms with Gasteiger partial charge in [-0.15, -0.1) is 0 Å². The Morgan fingerprint density at radius 1 is 1.10 bits per heavy atom. The summed E-state index contributed by atoms with van der Waals surface area (Å²) in [4.78, 5) is 2.93. The molecule has 0 saturated heterocycles. The quantitative estimate of drug-likeness (QED) is 0.632. The molecule has 0 radical (unpaired) electrons. The predicted octanol–water partition coefficient (Wildman–Crippen LogP) is 4.93. The molecule has 0 aliphatic heterocycles. The first kappa shape index (κ1) is 14.3. The molecule has 0 spiro atoms. The lowest BCUT2D eigenvalue weighted by Gasteiger charge is -2.06. The number of benzene rings is 2. The molecule has 0 aliphatic carbocycles. The SMILES string of the molecule is Fc1ccc(Cn2c(=S)[nH]c3cc(Br)c(F)cc32)c(F)c1. The van der Waals surface area contributed by atoms with Crippen LogP contribution in [0.2, 0.25) is 0 Å². The minimum atomic E-state index is -0.663.